The highest BCUT2D eigenvalue weighted by molar-refractivity contribution is 8.00. The molecule has 1 fully saturated rings. The Kier molecular flexibility index (Phi) is 4.76. The smallest absolute Gasteiger partial charge is 0.246 e. The molecule has 0 aliphatic carbocycles. The van der Waals surface area contributed by atoms with E-state index in [0.717, 1.165) is 30.8 Å². The molecule has 1 saturated heterocycles. The molecule has 0 radical (unpaired) electrons. The van der Waals surface area contributed by atoms with E-state index in [2.05, 4.69) is 13.8 Å². The minimum atomic E-state index is 0.0886. The lowest BCUT2D eigenvalue weighted by Gasteiger charge is -2.21. The van der Waals surface area contributed by atoms with Gasteiger partial charge in [-0.1, -0.05) is 26.0 Å². The largest absolute Gasteiger partial charge is 0.399 e. The van der Waals surface area contributed by atoms with Crippen LogP contribution in [0.3, 0.4) is 0 Å². The molecule has 1 amide bonds. The molecule has 1 aromatic rings. The van der Waals surface area contributed by atoms with Gasteiger partial charge in [-0.25, -0.2) is 0 Å². The van der Waals surface area contributed by atoms with Crippen LogP contribution in [0.15, 0.2) is 30.3 Å². The van der Waals surface area contributed by atoms with Gasteiger partial charge in [-0.15, -0.1) is 0 Å². The molecule has 1 aliphatic rings. The molecule has 1 aromatic carbocycles. The number of nitrogens with zero attached hydrogens (tertiary/aromatic N) is 1. The lowest BCUT2D eigenvalue weighted by atomic mass is 10.1. The molecular formula is C16H22N2OS. The molecule has 108 valence electrons. The van der Waals surface area contributed by atoms with E-state index in [1.807, 2.05) is 47.0 Å². The molecule has 0 spiro atoms. The van der Waals surface area contributed by atoms with Gasteiger partial charge in [0.2, 0.25) is 5.91 Å². The van der Waals surface area contributed by atoms with E-state index in [1.54, 1.807) is 6.08 Å². The normalized spacial score (nSPS) is 19.0. The summed E-state index contributed by atoms with van der Waals surface area (Å²) < 4.78 is 0.270. The fourth-order valence-corrected chi connectivity index (χ4v) is 3.28. The predicted octanol–water partition coefficient (Wildman–Crippen LogP) is 3.03. The third-order valence-corrected chi connectivity index (χ3v) is 4.85. The van der Waals surface area contributed by atoms with Crippen molar-refractivity contribution in [3.63, 3.8) is 0 Å². The maximum absolute atomic E-state index is 12.2. The van der Waals surface area contributed by atoms with Gasteiger partial charge in [0.05, 0.1) is 0 Å². The van der Waals surface area contributed by atoms with Crippen molar-refractivity contribution in [2.75, 3.05) is 24.6 Å². The number of carbonyl (C=O) groups is 1. The van der Waals surface area contributed by atoms with Gasteiger partial charge in [0.15, 0.2) is 0 Å². The lowest BCUT2D eigenvalue weighted by Crippen LogP contribution is -2.32. The summed E-state index contributed by atoms with van der Waals surface area (Å²) in [6.45, 7) is 6.15. The Morgan fingerprint density at radius 1 is 1.40 bits per heavy atom. The SMILES string of the molecule is CC1(C)CCN(C(=O)/C=C/c2cccc(N)c2)CCS1. The van der Waals surface area contributed by atoms with Gasteiger partial charge in [0, 0.05) is 35.4 Å². The molecule has 1 heterocycles. The molecule has 2 rings (SSSR count). The minimum absolute atomic E-state index is 0.0886. The highest BCUT2D eigenvalue weighted by atomic mass is 32.2. The standard InChI is InChI=1S/C16H22N2OS/c1-16(2)8-9-18(10-11-20-16)15(19)7-6-13-4-3-5-14(17)12-13/h3-7,12H,8-11,17H2,1-2H3/b7-6+. The third kappa shape index (κ3) is 4.30. The fraction of sp³-hybridized carbons (Fsp3) is 0.438. The first kappa shape index (κ1) is 15.0. The van der Waals surface area contributed by atoms with E-state index >= 15 is 0 Å². The van der Waals surface area contributed by atoms with Gasteiger partial charge in [0.25, 0.3) is 0 Å². The summed E-state index contributed by atoms with van der Waals surface area (Å²) in [7, 11) is 0. The zero-order valence-electron chi connectivity index (χ0n) is 12.1. The average molecular weight is 290 g/mol. The Bertz CT molecular complexity index is 511. The van der Waals surface area contributed by atoms with E-state index in [4.69, 9.17) is 5.73 Å². The quantitative estimate of drug-likeness (QED) is 0.672. The Morgan fingerprint density at radius 3 is 2.95 bits per heavy atom. The number of thioether (sulfide) groups is 1. The van der Waals surface area contributed by atoms with Crippen LogP contribution in [0.1, 0.15) is 25.8 Å². The summed E-state index contributed by atoms with van der Waals surface area (Å²) in [4.78, 5) is 14.2. The maximum atomic E-state index is 12.2. The molecule has 3 nitrogen and oxygen atoms in total. The van der Waals surface area contributed by atoms with Gasteiger partial charge in [-0.05, 0) is 30.2 Å². The number of carbonyl (C=O) groups excluding carboxylic acids is 1. The van der Waals surface area contributed by atoms with Gasteiger partial charge in [0.1, 0.15) is 0 Å². The van der Waals surface area contributed by atoms with Crippen LogP contribution in [0, 0.1) is 0 Å². The fourth-order valence-electron chi connectivity index (χ4n) is 2.18. The summed E-state index contributed by atoms with van der Waals surface area (Å²) >= 11 is 1.94. The highest BCUT2D eigenvalue weighted by Crippen LogP contribution is 2.30. The Labute approximate surface area is 125 Å². The molecule has 0 unspecified atom stereocenters. The van der Waals surface area contributed by atoms with Gasteiger partial charge in [-0.3, -0.25) is 4.79 Å². The van der Waals surface area contributed by atoms with E-state index in [-0.39, 0.29) is 10.7 Å². The maximum Gasteiger partial charge on any atom is 0.246 e. The lowest BCUT2D eigenvalue weighted by molar-refractivity contribution is -0.125. The summed E-state index contributed by atoms with van der Waals surface area (Å²) in [6, 6.07) is 7.55. The van der Waals surface area contributed by atoms with Crippen LogP contribution >= 0.6 is 11.8 Å². The molecule has 20 heavy (non-hydrogen) atoms. The van der Waals surface area contributed by atoms with Crippen LogP contribution in [0.2, 0.25) is 0 Å². The molecule has 1 aliphatic heterocycles. The average Bonchev–Trinajstić information content (AvgIpc) is 2.57. The van der Waals surface area contributed by atoms with E-state index in [1.165, 1.54) is 0 Å². The predicted molar refractivity (Wildman–Crippen MR) is 87.6 cm³/mol. The summed E-state index contributed by atoms with van der Waals surface area (Å²) in [5, 5.41) is 0. The van der Waals surface area contributed by atoms with Crippen LogP contribution in [-0.2, 0) is 4.79 Å². The van der Waals surface area contributed by atoms with Crippen molar-refractivity contribution < 1.29 is 4.79 Å². The first-order chi connectivity index (χ1) is 9.46. The number of nitrogens with two attached hydrogens (primary N) is 1. The Morgan fingerprint density at radius 2 is 2.20 bits per heavy atom. The Balaban J connectivity index is 1.98. The van der Waals surface area contributed by atoms with Crippen LogP contribution < -0.4 is 5.73 Å². The number of nitrogen functional groups attached to an aromatic ring is 1. The van der Waals surface area contributed by atoms with Gasteiger partial charge in [-0.2, -0.15) is 11.8 Å². The van der Waals surface area contributed by atoms with E-state index in [0.29, 0.717) is 5.69 Å². The van der Waals surface area contributed by atoms with Crippen molar-refractivity contribution in [1.82, 2.24) is 4.90 Å². The summed E-state index contributed by atoms with van der Waals surface area (Å²) in [5.41, 5.74) is 7.40. The molecule has 0 aromatic heterocycles. The van der Waals surface area contributed by atoms with Gasteiger partial charge >= 0.3 is 0 Å². The monoisotopic (exact) mass is 290 g/mol. The third-order valence-electron chi connectivity index (χ3n) is 3.48. The van der Waals surface area contributed by atoms with E-state index in [9.17, 15) is 4.79 Å². The molecular weight excluding hydrogens is 268 g/mol. The Hall–Kier alpha value is -1.42. The van der Waals surface area contributed by atoms with Crippen molar-refractivity contribution in [2.24, 2.45) is 0 Å². The number of benzene rings is 1. The zero-order chi connectivity index (χ0) is 14.6. The van der Waals surface area contributed by atoms with Gasteiger partial charge < -0.3 is 10.6 Å². The minimum Gasteiger partial charge on any atom is -0.399 e. The van der Waals surface area contributed by atoms with Crippen LogP contribution in [0.25, 0.3) is 6.08 Å². The van der Waals surface area contributed by atoms with Crippen molar-refractivity contribution in [3.05, 3.63) is 35.9 Å². The molecule has 0 atom stereocenters. The van der Waals surface area contributed by atoms with Crippen molar-refractivity contribution >= 4 is 29.4 Å². The zero-order valence-corrected chi connectivity index (χ0v) is 13.0. The number of amides is 1. The first-order valence-corrected chi connectivity index (χ1v) is 7.91. The second kappa shape index (κ2) is 6.35. The van der Waals surface area contributed by atoms with Crippen LogP contribution in [0.5, 0.6) is 0 Å². The van der Waals surface area contributed by atoms with Crippen LogP contribution in [-0.4, -0.2) is 34.4 Å². The molecule has 0 saturated carbocycles. The topological polar surface area (TPSA) is 46.3 Å². The molecule has 2 N–H and O–H groups in total. The highest BCUT2D eigenvalue weighted by Gasteiger charge is 2.24. The summed E-state index contributed by atoms with van der Waals surface area (Å²) in [6.07, 6.45) is 4.52. The second-order valence-corrected chi connectivity index (χ2v) is 7.49. The second-order valence-electron chi connectivity index (χ2n) is 5.69. The van der Waals surface area contributed by atoms with Crippen molar-refractivity contribution in [1.29, 1.82) is 0 Å². The van der Waals surface area contributed by atoms with Crippen LogP contribution in [0.4, 0.5) is 5.69 Å². The number of rotatable bonds is 2. The van der Waals surface area contributed by atoms with E-state index < -0.39 is 0 Å². The van der Waals surface area contributed by atoms with Crippen molar-refractivity contribution in [2.45, 2.75) is 25.0 Å². The number of hydrogen-bond donors (Lipinski definition) is 1. The number of anilines is 1. The number of hydrogen-bond acceptors (Lipinski definition) is 3. The summed E-state index contributed by atoms with van der Waals surface area (Å²) in [5.74, 6) is 1.09. The molecule has 0 bridgehead atoms. The van der Waals surface area contributed by atoms with Crippen molar-refractivity contribution in [3.8, 4) is 0 Å². The first-order valence-electron chi connectivity index (χ1n) is 6.93. The molecule has 4 heteroatoms.